The van der Waals surface area contributed by atoms with Gasteiger partial charge in [0.25, 0.3) is 0 Å². The number of nitrogens with one attached hydrogen (secondary N) is 1. The molecule has 0 saturated carbocycles. The zero-order valence-corrected chi connectivity index (χ0v) is 14.8. The molecule has 1 aromatic carbocycles. The van der Waals surface area contributed by atoms with E-state index in [2.05, 4.69) is 16.5 Å². The minimum atomic E-state index is -3.38. The lowest BCUT2D eigenvalue weighted by Gasteiger charge is -2.35. The van der Waals surface area contributed by atoms with Crippen LogP contribution in [0.5, 0.6) is 0 Å². The molecular weight excluding hydrogens is 308 g/mol. The van der Waals surface area contributed by atoms with Crippen molar-refractivity contribution in [2.24, 2.45) is 0 Å². The first-order chi connectivity index (χ1) is 11.1. The monoisotopic (exact) mass is 336 g/mol. The second-order valence-corrected chi connectivity index (χ2v) is 7.80. The Labute approximate surface area is 140 Å². The van der Waals surface area contributed by atoms with E-state index in [4.69, 9.17) is 0 Å². The van der Waals surface area contributed by atoms with Gasteiger partial charge in [-0.1, -0.05) is 50.1 Å². The second kappa shape index (κ2) is 9.21. The predicted molar refractivity (Wildman–Crippen MR) is 96.5 cm³/mol. The maximum absolute atomic E-state index is 12.2. The highest BCUT2D eigenvalue weighted by atomic mass is 32.2. The zero-order chi connectivity index (χ0) is 16.5. The maximum atomic E-state index is 12.2. The highest BCUT2D eigenvalue weighted by Crippen LogP contribution is 2.17. The first-order valence-corrected chi connectivity index (χ1v) is 10.1. The Morgan fingerprint density at radius 1 is 1.26 bits per heavy atom. The number of rotatable bonds is 8. The normalized spacial score (nSPS) is 20.1. The Morgan fingerprint density at radius 3 is 2.78 bits per heavy atom. The number of hydrogen-bond donors (Lipinski definition) is 1. The molecule has 1 unspecified atom stereocenters. The van der Waals surface area contributed by atoms with Crippen LogP contribution in [0, 0.1) is 0 Å². The van der Waals surface area contributed by atoms with Crippen molar-refractivity contribution < 1.29 is 8.42 Å². The molecule has 2 rings (SSSR count). The second-order valence-electron chi connectivity index (χ2n) is 6.15. The van der Waals surface area contributed by atoms with E-state index in [1.165, 1.54) is 31.1 Å². The lowest BCUT2D eigenvalue weighted by molar-refractivity contribution is 0.148. The number of hydrogen-bond acceptors (Lipinski definition) is 3. The van der Waals surface area contributed by atoms with E-state index in [0.717, 1.165) is 25.1 Å². The average molecular weight is 337 g/mol. The topological polar surface area (TPSA) is 49.4 Å². The predicted octanol–water partition coefficient (Wildman–Crippen LogP) is 3.23. The number of unbranched alkanes of at least 4 members (excludes halogenated alkanes) is 1. The Morgan fingerprint density at radius 2 is 2.04 bits per heavy atom. The van der Waals surface area contributed by atoms with Gasteiger partial charge in [-0.05, 0) is 44.0 Å². The summed E-state index contributed by atoms with van der Waals surface area (Å²) in [6.07, 6.45) is 7.48. The molecule has 1 aliphatic rings. The van der Waals surface area contributed by atoms with Gasteiger partial charge in [0.15, 0.2) is 0 Å². The van der Waals surface area contributed by atoms with Crippen molar-refractivity contribution in [1.29, 1.82) is 0 Å². The lowest BCUT2D eigenvalue weighted by Crippen LogP contribution is -2.46. The molecule has 1 aliphatic heterocycles. The van der Waals surface area contributed by atoms with Gasteiger partial charge >= 0.3 is 0 Å². The van der Waals surface area contributed by atoms with Crippen molar-refractivity contribution in [2.45, 2.75) is 45.1 Å². The van der Waals surface area contributed by atoms with Gasteiger partial charge in [-0.15, -0.1) is 0 Å². The van der Waals surface area contributed by atoms with E-state index in [1.807, 2.05) is 30.3 Å². The summed E-state index contributed by atoms with van der Waals surface area (Å²) in [4.78, 5) is 2.44. The van der Waals surface area contributed by atoms with Crippen LogP contribution in [0.3, 0.4) is 0 Å². The molecule has 1 saturated heterocycles. The molecule has 1 N–H and O–H groups in total. The highest BCUT2D eigenvalue weighted by Gasteiger charge is 2.22. The Bertz CT molecular complexity index is 584. The number of sulfonamides is 1. The molecule has 1 fully saturated rings. The number of piperidine rings is 1. The summed E-state index contributed by atoms with van der Waals surface area (Å²) in [6, 6.07) is 9.81. The van der Waals surface area contributed by atoms with Gasteiger partial charge in [0.1, 0.15) is 0 Å². The Kier molecular flexibility index (Phi) is 7.27. The van der Waals surface area contributed by atoms with Crippen molar-refractivity contribution in [3.63, 3.8) is 0 Å². The first-order valence-electron chi connectivity index (χ1n) is 8.57. The SMILES string of the molecule is CCCCN1CCCCC1CNS(=O)(=O)/C=C/c1ccccc1. The summed E-state index contributed by atoms with van der Waals surface area (Å²) < 4.78 is 27.1. The minimum Gasteiger partial charge on any atom is -0.299 e. The van der Waals surface area contributed by atoms with E-state index in [-0.39, 0.29) is 0 Å². The zero-order valence-electron chi connectivity index (χ0n) is 13.9. The van der Waals surface area contributed by atoms with Crippen LogP contribution in [0.2, 0.25) is 0 Å². The largest absolute Gasteiger partial charge is 0.299 e. The third-order valence-electron chi connectivity index (χ3n) is 4.31. The van der Waals surface area contributed by atoms with Gasteiger partial charge in [0, 0.05) is 18.0 Å². The first kappa shape index (κ1) is 18.2. The molecule has 1 heterocycles. The van der Waals surface area contributed by atoms with Gasteiger partial charge < -0.3 is 0 Å². The van der Waals surface area contributed by atoms with Crippen molar-refractivity contribution >= 4 is 16.1 Å². The number of benzene rings is 1. The maximum Gasteiger partial charge on any atom is 0.233 e. The molecule has 4 nitrogen and oxygen atoms in total. The quantitative estimate of drug-likeness (QED) is 0.793. The molecule has 0 bridgehead atoms. The van der Waals surface area contributed by atoms with Crippen molar-refractivity contribution in [3.05, 3.63) is 41.3 Å². The lowest BCUT2D eigenvalue weighted by atomic mass is 10.0. The van der Waals surface area contributed by atoms with Crippen LogP contribution in [-0.4, -0.2) is 39.0 Å². The molecular formula is C18H28N2O2S. The minimum absolute atomic E-state index is 0.329. The summed E-state index contributed by atoms with van der Waals surface area (Å²) in [6.45, 7) is 4.86. The van der Waals surface area contributed by atoms with E-state index < -0.39 is 10.0 Å². The van der Waals surface area contributed by atoms with Crippen LogP contribution < -0.4 is 4.72 Å². The molecule has 1 aromatic rings. The highest BCUT2D eigenvalue weighted by molar-refractivity contribution is 7.92. The van der Waals surface area contributed by atoms with Gasteiger partial charge in [0.05, 0.1) is 0 Å². The van der Waals surface area contributed by atoms with E-state index in [1.54, 1.807) is 6.08 Å². The fourth-order valence-electron chi connectivity index (χ4n) is 2.94. The summed E-state index contributed by atoms with van der Waals surface area (Å²) in [5, 5.41) is 1.27. The summed E-state index contributed by atoms with van der Waals surface area (Å²) in [7, 11) is -3.38. The number of likely N-dealkylation sites (tertiary alicyclic amines) is 1. The molecule has 23 heavy (non-hydrogen) atoms. The summed E-state index contributed by atoms with van der Waals surface area (Å²) in [5.41, 5.74) is 0.889. The fourth-order valence-corrected chi connectivity index (χ4v) is 3.80. The van der Waals surface area contributed by atoms with Crippen LogP contribution in [0.4, 0.5) is 0 Å². The van der Waals surface area contributed by atoms with Crippen molar-refractivity contribution in [2.75, 3.05) is 19.6 Å². The van der Waals surface area contributed by atoms with Gasteiger partial charge in [-0.25, -0.2) is 13.1 Å². The van der Waals surface area contributed by atoms with E-state index in [0.29, 0.717) is 12.6 Å². The van der Waals surface area contributed by atoms with Gasteiger partial charge in [0.2, 0.25) is 10.0 Å². The Hall–Kier alpha value is -1.17. The standard InChI is InChI=1S/C18H28N2O2S/c1-2-3-13-20-14-8-7-11-18(20)16-19-23(21,22)15-12-17-9-5-4-6-10-17/h4-6,9-10,12,15,18-19H,2-3,7-8,11,13-14,16H2,1H3/b15-12+. The molecule has 0 aromatic heterocycles. The number of nitrogens with zero attached hydrogens (tertiary/aromatic N) is 1. The van der Waals surface area contributed by atoms with Gasteiger partial charge in [-0.2, -0.15) is 0 Å². The average Bonchev–Trinajstić information content (AvgIpc) is 2.58. The fraction of sp³-hybridized carbons (Fsp3) is 0.556. The molecule has 0 aliphatic carbocycles. The van der Waals surface area contributed by atoms with E-state index >= 15 is 0 Å². The van der Waals surface area contributed by atoms with Crippen LogP contribution in [-0.2, 0) is 10.0 Å². The molecule has 1 atom stereocenters. The van der Waals surface area contributed by atoms with Crippen LogP contribution >= 0.6 is 0 Å². The van der Waals surface area contributed by atoms with Crippen LogP contribution in [0.15, 0.2) is 35.7 Å². The van der Waals surface area contributed by atoms with Crippen molar-refractivity contribution in [3.8, 4) is 0 Å². The molecule has 0 radical (unpaired) electrons. The molecule has 0 spiro atoms. The molecule has 5 heteroatoms. The Balaban J connectivity index is 1.88. The third-order valence-corrected chi connectivity index (χ3v) is 5.37. The third kappa shape index (κ3) is 6.45. The van der Waals surface area contributed by atoms with Crippen molar-refractivity contribution in [1.82, 2.24) is 9.62 Å². The summed E-state index contributed by atoms with van der Waals surface area (Å²) in [5.74, 6) is 0. The smallest absolute Gasteiger partial charge is 0.233 e. The molecule has 128 valence electrons. The molecule has 0 amide bonds. The van der Waals surface area contributed by atoms with Crippen LogP contribution in [0.25, 0.3) is 6.08 Å². The van der Waals surface area contributed by atoms with Crippen LogP contribution in [0.1, 0.15) is 44.6 Å². The van der Waals surface area contributed by atoms with Gasteiger partial charge in [-0.3, -0.25) is 4.90 Å². The van der Waals surface area contributed by atoms with E-state index in [9.17, 15) is 8.42 Å². The summed E-state index contributed by atoms with van der Waals surface area (Å²) >= 11 is 0.